The fourth-order valence-electron chi connectivity index (χ4n) is 2.07. The fraction of sp³-hybridized carbons (Fsp3) is 0. The van der Waals surface area contributed by atoms with E-state index in [0.29, 0.717) is 17.1 Å². The van der Waals surface area contributed by atoms with E-state index in [1.54, 1.807) is 24.3 Å². The molecule has 22 heavy (non-hydrogen) atoms. The SMILES string of the molecule is O=C1NC(c2cccc(F)c2)=NC1=CC=Cc1ccccc1. The van der Waals surface area contributed by atoms with Crippen LogP contribution in [0.25, 0.3) is 6.08 Å². The molecule has 0 saturated heterocycles. The highest BCUT2D eigenvalue weighted by Crippen LogP contribution is 2.13. The third-order valence-corrected chi connectivity index (χ3v) is 3.14. The minimum absolute atomic E-state index is 0.294. The Balaban J connectivity index is 1.81. The number of halogens is 1. The zero-order chi connectivity index (χ0) is 15.4. The van der Waals surface area contributed by atoms with Crippen LogP contribution in [0.4, 0.5) is 4.39 Å². The monoisotopic (exact) mass is 292 g/mol. The average molecular weight is 292 g/mol. The van der Waals surface area contributed by atoms with Gasteiger partial charge in [0.2, 0.25) is 0 Å². The molecule has 0 radical (unpaired) electrons. The van der Waals surface area contributed by atoms with Crippen molar-refractivity contribution in [3.05, 3.63) is 89.4 Å². The van der Waals surface area contributed by atoms with Gasteiger partial charge in [0.15, 0.2) is 0 Å². The van der Waals surface area contributed by atoms with Gasteiger partial charge >= 0.3 is 0 Å². The van der Waals surface area contributed by atoms with Gasteiger partial charge in [0.05, 0.1) is 0 Å². The van der Waals surface area contributed by atoms with Crippen molar-refractivity contribution >= 4 is 17.8 Å². The molecule has 0 atom stereocenters. The van der Waals surface area contributed by atoms with E-state index in [1.165, 1.54) is 12.1 Å². The Morgan fingerprint density at radius 2 is 1.86 bits per heavy atom. The number of hydrogen-bond donors (Lipinski definition) is 1. The predicted molar refractivity (Wildman–Crippen MR) is 84.6 cm³/mol. The Morgan fingerprint density at radius 3 is 2.64 bits per heavy atom. The normalized spacial score (nSPS) is 16.1. The quantitative estimate of drug-likeness (QED) is 0.866. The summed E-state index contributed by atoms with van der Waals surface area (Å²) in [5.41, 5.74) is 1.88. The van der Waals surface area contributed by atoms with Crippen LogP contribution in [0.3, 0.4) is 0 Å². The Kier molecular flexibility index (Phi) is 3.92. The molecule has 2 aromatic rings. The van der Waals surface area contributed by atoms with E-state index in [-0.39, 0.29) is 11.7 Å². The van der Waals surface area contributed by atoms with Gasteiger partial charge in [-0.25, -0.2) is 9.38 Å². The Bertz CT molecular complexity index is 792. The molecular formula is C18H13FN2O. The van der Waals surface area contributed by atoms with Gasteiger partial charge in [0.1, 0.15) is 17.3 Å². The number of amides is 1. The molecule has 1 N–H and O–H groups in total. The van der Waals surface area contributed by atoms with Crippen molar-refractivity contribution in [3.8, 4) is 0 Å². The Morgan fingerprint density at radius 1 is 1.05 bits per heavy atom. The molecule has 0 spiro atoms. The number of aliphatic imine (C=N–C) groups is 1. The molecule has 108 valence electrons. The number of nitrogens with one attached hydrogen (secondary N) is 1. The third-order valence-electron chi connectivity index (χ3n) is 3.14. The smallest absolute Gasteiger partial charge is 0.275 e. The molecule has 4 heteroatoms. The molecule has 0 fully saturated rings. The minimum atomic E-state index is -0.365. The maximum absolute atomic E-state index is 13.2. The van der Waals surface area contributed by atoms with Gasteiger partial charge in [0.25, 0.3) is 5.91 Å². The average Bonchev–Trinajstić information content (AvgIpc) is 2.90. The molecule has 0 saturated carbocycles. The van der Waals surface area contributed by atoms with Crippen LogP contribution in [0.2, 0.25) is 0 Å². The van der Waals surface area contributed by atoms with Crippen molar-refractivity contribution in [1.29, 1.82) is 0 Å². The van der Waals surface area contributed by atoms with Crippen molar-refractivity contribution in [2.24, 2.45) is 4.99 Å². The standard InChI is InChI=1S/C18H13FN2O/c19-15-10-5-9-14(12-15)17-20-16(18(22)21-17)11-4-8-13-6-2-1-3-7-13/h1-12H,(H,20,21,22). The second-order valence-electron chi connectivity index (χ2n) is 4.75. The van der Waals surface area contributed by atoms with Crippen LogP contribution >= 0.6 is 0 Å². The van der Waals surface area contributed by atoms with Gasteiger partial charge in [-0.2, -0.15) is 0 Å². The highest BCUT2D eigenvalue weighted by Gasteiger charge is 2.20. The minimum Gasteiger partial charge on any atom is -0.305 e. The van der Waals surface area contributed by atoms with Crippen LogP contribution in [0.1, 0.15) is 11.1 Å². The summed E-state index contributed by atoms with van der Waals surface area (Å²) in [6.45, 7) is 0. The molecule has 1 aliphatic heterocycles. The molecule has 0 aromatic heterocycles. The van der Waals surface area contributed by atoms with Crippen LogP contribution in [-0.4, -0.2) is 11.7 Å². The van der Waals surface area contributed by atoms with Crippen LogP contribution < -0.4 is 5.32 Å². The number of amidine groups is 1. The highest BCUT2D eigenvalue weighted by molar-refractivity contribution is 6.18. The van der Waals surface area contributed by atoms with Gasteiger partial charge in [-0.05, 0) is 23.8 Å². The van der Waals surface area contributed by atoms with Gasteiger partial charge in [0, 0.05) is 5.56 Å². The summed E-state index contributed by atoms with van der Waals surface area (Å²) in [6.07, 6.45) is 5.28. The molecule has 3 nitrogen and oxygen atoms in total. The fourth-order valence-corrected chi connectivity index (χ4v) is 2.07. The first-order valence-corrected chi connectivity index (χ1v) is 6.82. The lowest BCUT2D eigenvalue weighted by Gasteiger charge is -1.99. The molecule has 0 unspecified atom stereocenters. The first kappa shape index (κ1) is 13.9. The van der Waals surface area contributed by atoms with Gasteiger partial charge in [-0.1, -0.05) is 54.6 Å². The van der Waals surface area contributed by atoms with E-state index in [9.17, 15) is 9.18 Å². The summed E-state index contributed by atoms with van der Waals surface area (Å²) in [7, 11) is 0. The van der Waals surface area contributed by atoms with E-state index in [1.807, 2.05) is 36.4 Å². The highest BCUT2D eigenvalue weighted by atomic mass is 19.1. The van der Waals surface area contributed by atoms with Crippen molar-refractivity contribution in [2.75, 3.05) is 0 Å². The number of rotatable bonds is 3. The van der Waals surface area contributed by atoms with Crippen LogP contribution in [0, 0.1) is 5.82 Å². The summed E-state index contributed by atoms with van der Waals surface area (Å²) in [5, 5.41) is 2.64. The largest absolute Gasteiger partial charge is 0.305 e. The second-order valence-corrected chi connectivity index (χ2v) is 4.75. The maximum Gasteiger partial charge on any atom is 0.275 e. The summed E-state index contributed by atoms with van der Waals surface area (Å²) < 4.78 is 13.2. The first-order chi connectivity index (χ1) is 10.7. The van der Waals surface area contributed by atoms with E-state index in [2.05, 4.69) is 10.3 Å². The molecular weight excluding hydrogens is 279 g/mol. The number of nitrogens with zero attached hydrogens (tertiary/aromatic N) is 1. The molecule has 1 heterocycles. The Labute approximate surface area is 127 Å². The van der Waals surface area contributed by atoms with Gasteiger partial charge < -0.3 is 5.32 Å². The Hall–Kier alpha value is -3.01. The summed E-state index contributed by atoms with van der Waals surface area (Å²) >= 11 is 0. The molecule has 2 aromatic carbocycles. The zero-order valence-corrected chi connectivity index (χ0v) is 11.7. The lowest BCUT2D eigenvalue weighted by molar-refractivity contribution is -0.115. The molecule has 1 amide bonds. The molecule has 0 bridgehead atoms. The number of allylic oxidation sites excluding steroid dienone is 2. The topological polar surface area (TPSA) is 41.5 Å². The van der Waals surface area contributed by atoms with Crippen molar-refractivity contribution in [2.45, 2.75) is 0 Å². The molecule has 0 aliphatic carbocycles. The summed E-state index contributed by atoms with van der Waals surface area (Å²) in [5.74, 6) is -0.295. The third kappa shape index (κ3) is 3.17. The predicted octanol–water partition coefficient (Wildman–Crippen LogP) is 3.30. The molecule has 3 rings (SSSR count). The van der Waals surface area contributed by atoms with E-state index >= 15 is 0 Å². The van der Waals surface area contributed by atoms with Crippen molar-refractivity contribution in [1.82, 2.24) is 5.32 Å². The van der Waals surface area contributed by atoms with Crippen molar-refractivity contribution in [3.63, 3.8) is 0 Å². The first-order valence-electron chi connectivity index (χ1n) is 6.82. The number of benzene rings is 2. The lowest BCUT2D eigenvalue weighted by Crippen LogP contribution is -2.24. The lowest BCUT2D eigenvalue weighted by atomic mass is 10.2. The molecule has 1 aliphatic rings. The summed E-state index contributed by atoms with van der Waals surface area (Å²) in [4.78, 5) is 16.1. The second kappa shape index (κ2) is 6.18. The van der Waals surface area contributed by atoms with Crippen molar-refractivity contribution < 1.29 is 9.18 Å². The maximum atomic E-state index is 13.2. The van der Waals surface area contributed by atoms with Crippen LogP contribution in [-0.2, 0) is 4.79 Å². The van der Waals surface area contributed by atoms with Crippen LogP contribution in [0.15, 0.2) is 77.4 Å². The van der Waals surface area contributed by atoms with E-state index in [0.717, 1.165) is 5.56 Å². The van der Waals surface area contributed by atoms with E-state index < -0.39 is 0 Å². The van der Waals surface area contributed by atoms with Gasteiger partial charge in [-0.3, -0.25) is 4.79 Å². The van der Waals surface area contributed by atoms with E-state index in [4.69, 9.17) is 0 Å². The summed E-state index contributed by atoms with van der Waals surface area (Å²) in [6, 6.07) is 15.7. The number of hydrogen-bond acceptors (Lipinski definition) is 2. The zero-order valence-electron chi connectivity index (χ0n) is 11.7. The number of carbonyl (C=O) groups is 1. The van der Waals surface area contributed by atoms with Gasteiger partial charge in [-0.15, -0.1) is 0 Å². The number of carbonyl (C=O) groups excluding carboxylic acids is 1. The van der Waals surface area contributed by atoms with Crippen LogP contribution in [0.5, 0.6) is 0 Å².